The lowest BCUT2D eigenvalue weighted by atomic mass is 10.1. The molecule has 0 aliphatic rings. The van der Waals surface area contributed by atoms with Crippen molar-refractivity contribution in [2.24, 2.45) is 5.73 Å². The second-order valence-corrected chi connectivity index (χ2v) is 6.81. The van der Waals surface area contributed by atoms with Crippen molar-refractivity contribution in [2.45, 2.75) is 44.9 Å². The molecule has 0 aliphatic heterocycles. The predicted molar refractivity (Wildman–Crippen MR) is 93.9 cm³/mol. The minimum absolute atomic E-state index is 0.0119. The molecular formula is C19H25NO4. The first-order chi connectivity index (χ1) is 11.3. The molecule has 0 bridgehead atoms. The van der Waals surface area contributed by atoms with Crippen LogP contribution in [0.2, 0.25) is 0 Å². The predicted octanol–water partition coefficient (Wildman–Crippen LogP) is 2.64. The Hall–Kier alpha value is -2.11. The number of carbonyl (C=O) groups excluding carboxylic acids is 1. The molecule has 0 saturated heterocycles. The number of esters is 1. The molecule has 0 aliphatic carbocycles. The first-order valence-electron chi connectivity index (χ1n) is 8.02. The Bertz CT molecular complexity index is 688. The van der Waals surface area contributed by atoms with Crippen LogP contribution in [0.1, 0.15) is 27.2 Å². The van der Waals surface area contributed by atoms with E-state index in [9.17, 15) is 9.90 Å². The first-order valence-corrected chi connectivity index (χ1v) is 8.02. The topological polar surface area (TPSA) is 81.8 Å². The number of rotatable bonds is 6. The van der Waals surface area contributed by atoms with Gasteiger partial charge in [0.25, 0.3) is 0 Å². The van der Waals surface area contributed by atoms with Gasteiger partial charge in [-0.15, -0.1) is 0 Å². The van der Waals surface area contributed by atoms with Crippen LogP contribution in [0, 0.1) is 0 Å². The van der Waals surface area contributed by atoms with E-state index in [0.717, 1.165) is 10.8 Å². The molecular weight excluding hydrogens is 306 g/mol. The third-order valence-corrected chi connectivity index (χ3v) is 3.48. The van der Waals surface area contributed by atoms with Gasteiger partial charge in [0, 0.05) is 11.4 Å². The van der Waals surface area contributed by atoms with Crippen molar-refractivity contribution in [1.82, 2.24) is 0 Å². The van der Waals surface area contributed by atoms with Crippen molar-refractivity contribution in [2.75, 3.05) is 6.61 Å². The summed E-state index contributed by atoms with van der Waals surface area (Å²) >= 11 is 0. The van der Waals surface area contributed by atoms with Crippen LogP contribution in [0.5, 0.6) is 5.75 Å². The van der Waals surface area contributed by atoms with Gasteiger partial charge in [0.15, 0.2) is 0 Å². The number of nitrogens with two attached hydrogens (primary N) is 1. The average molecular weight is 331 g/mol. The van der Waals surface area contributed by atoms with E-state index in [0.29, 0.717) is 5.75 Å². The van der Waals surface area contributed by atoms with Gasteiger partial charge in [-0.1, -0.05) is 36.4 Å². The molecule has 0 saturated carbocycles. The number of benzene rings is 2. The van der Waals surface area contributed by atoms with Gasteiger partial charge >= 0.3 is 5.97 Å². The van der Waals surface area contributed by atoms with E-state index >= 15 is 0 Å². The minimum atomic E-state index is -0.962. The summed E-state index contributed by atoms with van der Waals surface area (Å²) in [4.78, 5) is 11.8. The van der Waals surface area contributed by atoms with E-state index in [2.05, 4.69) is 0 Å². The fraction of sp³-hybridized carbons (Fsp3) is 0.421. The Labute approximate surface area is 142 Å². The summed E-state index contributed by atoms with van der Waals surface area (Å²) in [5, 5.41) is 12.2. The zero-order valence-corrected chi connectivity index (χ0v) is 14.4. The minimum Gasteiger partial charge on any atom is -0.490 e. The van der Waals surface area contributed by atoms with Crippen molar-refractivity contribution in [1.29, 1.82) is 0 Å². The zero-order valence-electron chi connectivity index (χ0n) is 14.4. The van der Waals surface area contributed by atoms with Gasteiger partial charge in [-0.2, -0.15) is 0 Å². The van der Waals surface area contributed by atoms with Gasteiger partial charge in [0.2, 0.25) is 0 Å². The molecule has 0 aromatic heterocycles. The molecule has 2 rings (SSSR count). The fourth-order valence-corrected chi connectivity index (χ4v) is 2.33. The Morgan fingerprint density at radius 2 is 1.83 bits per heavy atom. The van der Waals surface area contributed by atoms with Crippen LogP contribution < -0.4 is 10.5 Å². The maximum Gasteiger partial charge on any atom is 0.307 e. The molecule has 5 heteroatoms. The molecule has 0 radical (unpaired) electrons. The van der Waals surface area contributed by atoms with Crippen LogP contribution in [0.3, 0.4) is 0 Å². The lowest BCUT2D eigenvalue weighted by Gasteiger charge is -2.23. The second-order valence-electron chi connectivity index (χ2n) is 6.81. The monoisotopic (exact) mass is 331 g/mol. The van der Waals surface area contributed by atoms with Gasteiger partial charge in [-0.25, -0.2) is 0 Å². The van der Waals surface area contributed by atoms with Crippen LogP contribution in [-0.2, 0) is 9.53 Å². The molecule has 24 heavy (non-hydrogen) atoms. The standard InChI is InChI=1S/C19H25NO4/c1-19(2,3)24-18(22)11-15(20)16(21)12-23-17-10-6-8-13-7-4-5-9-14(13)17/h4-10,15-16,21H,11-12,20H2,1-3H3. The summed E-state index contributed by atoms with van der Waals surface area (Å²) in [7, 11) is 0. The van der Waals surface area contributed by atoms with Gasteiger partial charge in [-0.3, -0.25) is 4.79 Å². The Morgan fingerprint density at radius 1 is 1.17 bits per heavy atom. The number of aliphatic hydroxyl groups is 1. The highest BCUT2D eigenvalue weighted by Crippen LogP contribution is 2.25. The zero-order chi connectivity index (χ0) is 17.7. The Morgan fingerprint density at radius 3 is 2.54 bits per heavy atom. The molecule has 2 unspecified atom stereocenters. The third kappa shape index (κ3) is 5.22. The van der Waals surface area contributed by atoms with Crippen molar-refractivity contribution in [3.05, 3.63) is 42.5 Å². The van der Waals surface area contributed by atoms with E-state index in [1.54, 1.807) is 20.8 Å². The van der Waals surface area contributed by atoms with Crippen molar-refractivity contribution >= 4 is 16.7 Å². The molecule has 3 N–H and O–H groups in total. The SMILES string of the molecule is CC(C)(C)OC(=O)CC(N)C(O)COc1cccc2ccccc12. The van der Waals surface area contributed by atoms with E-state index in [1.807, 2.05) is 42.5 Å². The summed E-state index contributed by atoms with van der Waals surface area (Å²) in [5.74, 6) is 0.246. The van der Waals surface area contributed by atoms with Crippen LogP contribution in [0.4, 0.5) is 0 Å². The largest absolute Gasteiger partial charge is 0.490 e. The highest BCUT2D eigenvalue weighted by molar-refractivity contribution is 5.88. The van der Waals surface area contributed by atoms with Gasteiger partial charge < -0.3 is 20.3 Å². The highest BCUT2D eigenvalue weighted by Gasteiger charge is 2.23. The Kier molecular flexibility index (Phi) is 5.80. The molecule has 2 aromatic carbocycles. The summed E-state index contributed by atoms with van der Waals surface area (Å²) < 4.78 is 10.9. The fourth-order valence-electron chi connectivity index (χ4n) is 2.33. The summed E-state index contributed by atoms with van der Waals surface area (Å²) in [6.07, 6.45) is -1.02. The lowest BCUT2D eigenvalue weighted by molar-refractivity contribution is -0.156. The third-order valence-electron chi connectivity index (χ3n) is 3.48. The van der Waals surface area contributed by atoms with Crippen molar-refractivity contribution in [3.63, 3.8) is 0 Å². The quantitative estimate of drug-likeness (QED) is 0.795. The Balaban J connectivity index is 1.92. The summed E-state index contributed by atoms with van der Waals surface area (Å²) in [6, 6.07) is 12.8. The molecule has 2 aromatic rings. The summed E-state index contributed by atoms with van der Waals surface area (Å²) in [6.45, 7) is 5.38. The molecule has 0 fully saturated rings. The van der Waals surface area contributed by atoms with Crippen LogP contribution >= 0.6 is 0 Å². The molecule has 0 spiro atoms. The maximum atomic E-state index is 11.8. The number of ether oxygens (including phenoxy) is 2. The van der Waals surface area contributed by atoms with Crippen LogP contribution in [0.25, 0.3) is 10.8 Å². The number of carbonyl (C=O) groups is 1. The lowest BCUT2D eigenvalue weighted by Crippen LogP contribution is -2.41. The van der Waals surface area contributed by atoms with Crippen LogP contribution in [-0.4, -0.2) is 35.4 Å². The summed E-state index contributed by atoms with van der Waals surface area (Å²) in [5.41, 5.74) is 5.31. The number of aliphatic hydroxyl groups excluding tert-OH is 1. The molecule has 130 valence electrons. The van der Waals surface area contributed by atoms with Gasteiger partial charge in [0.05, 0.1) is 6.42 Å². The molecule has 0 heterocycles. The number of hydrogen-bond acceptors (Lipinski definition) is 5. The van der Waals surface area contributed by atoms with E-state index in [1.165, 1.54) is 0 Å². The molecule has 5 nitrogen and oxygen atoms in total. The van der Waals surface area contributed by atoms with E-state index in [4.69, 9.17) is 15.2 Å². The molecule has 2 atom stereocenters. The first kappa shape index (κ1) is 18.2. The van der Waals surface area contributed by atoms with E-state index < -0.39 is 23.7 Å². The van der Waals surface area contributed by atoms with Crippen molar-refractivity contribution < 1.29 is 19.4 Å². The van der Waals surface area contributed by atoms with Gasteiger partial charge in [-0.05, 0) is 32.2 Å². The highest BCUT2D eigenvalue weighted by atomic mass is 16.6. The number of fused-ring (bicyclic) bond motifs is 1. The van der Waals surface area contributed by atoms with Crippen LogP contribution in [0.15, 0.2) is 42.5 Å². The normalized spacial score (nSPS) is 14.2. The van der Waals surface area contributed by atoms with Crippen molar-refractivity contribution in [3.8, 4) is 5.75 Å². The smallest absolute Gasteiger partial charge is 0.307 e. The molecule has 0 amide bonds. The van der Waals surface area contributed by atoms with E-state index in [-0.39, 0.29) is 13.0 Å². The maximum absolute atomic E-state index is 11.8. The number of hydrogen-bond donors (Lipinski definition) is 2. The average Bonchev–Trinajstić information content (AvgIpc) is 2.50. The van der Waals surface area contributed by atoms with Gasteiger partial charge in [0.1, 0.15) is 24.1 Å². The second kappa shape index (κ2) is 7.64.